The Morgan fingerprint density at radius 1 is 0.929 bits per heavy atom. The third-order valence-electron chi connectivity index (χ3n) is 7.14. The molecule has 4 saturated heterocycles. The van der Waals surface area contributed by atoms with E-state index >= 15 is 0 Å². The Labute approximate surface area is 165 Å². The van der Waals surface area contributed by atoms with E-state index in [9.17, 15) is 0 Å². The van der Waals surface area contributed by atoms with E-state index in [2.05, 4.69) is 12.1 Å². The van der Waals surface area contributed by atoms with E-state index in [0.29, 0.717) is 6.61 Å². The zero-order valence-electron chi connectivity index (χ0n) is 16.3. The topological polar surface area (TPSA) is 55.4 Å². The van der Waals surface area contributed by atoms with Crippen LogP contribution in [-0.4, -0.2) is 50.2 Å². The number of fused-ring (bicyclic) bond motifs is 5. The van der Waals surface area contributed by atoms with Crippen molar-refractivity contribution in [3.05, 3.63) is 29.8 Å². The zero-order valence-corrected chi connectivity index (χ0v) is 16.3. The van der Waals surface area contributed by atoms with Crippen molar-refractivity contribution >= 4 is 0 Å². The minimum Gasteiger partial charge on any atom is -0.497 e. The lowest BCUT2D eigenvalue weighted by Gasteiger charge is -2.36. The molecule has 1 saturated carbocycles. The first-order chi connectivity index (χ1) is 13.8. The molecule has 0 bridgehead atoms. The molecule has 6 rings (SSSR count). The van der Waals surface area contributed by atoms with Crippen molar-refractivity contribution in [3.8, 4) is 5.75 Å². The van der Waals surface area contributed by atoms with E-state index in [1.165, 1.54) is 6.42 Å². The summed E-state index contributed by atoms with van der Waals surface area (Å²) in [5.41, 5.74) is 1.14. The van der Waals surface area contributed by atoms with Crippen molar-refractivity contribution in [1.82, 2.24) is 0 Å². The highest BCUT2D eigenvalue weighted by Gasteiger charge is 2.65. The first-order valence-corrected chi connectivity index (χ1v) is 10.7. The van der Waals surface area contributed by atoms with E-state index in [0.717, 1.165) is 43.4 Å². The van der Waals surface area contributed by atoms with Gasteiger partial charge in [0.05, 0.1) is 25.4 Å². The van der Waals surface area contributed by atoms with Crippen LogP contribution in [0.5, 0.6) is 5.75 Å². The van der Waals surface area contributed by atoms with Crippen molar-refractivity contribution in [2.45, 2.75) is 81.1 Å². The normalized spacial score (nSPS) is 43.5. The van der Waals surface area contributed by atoms with Crippen molar-refractivity contribution in [3.63, 3.8) is 0 Å². The summed E-state index contributed by atoms with van der Waals surface area (Å²) >= 11 is 0. The summed E-state index contributed by atoms with van der Waals surface area (Å²) in [5.74, 6) is 0.566. The van der Waals surface area contributed by atoms with Crippen molar-refractivity contribution in [2.24, 2.45) is 5.92 Å². The van der Waals surface area contributed by atoms with Gasteiger partial charge in [0, 0.05) is 25.4 Å². The molecule has 152 valence electrons. The fourth-order valence-electron chi connectivity index (χ4n) is 5.81. The Balaban J connectivity index is 1.24. The van der Waals surface area contributed by atoms with Crippen LogP contribution >= 0.6 is 0 Å². The molecule has 1 aromatic rings. The van der Waals surface area contributed by atoms with Crippen LogP contribution in [0.2, 0.25) is 0 Å². The summed E-state index contributed by atoms with van der Waals surface area (Å²) in [6.07, 6.45) is 5.96. The van der Waals surface area contributed by atoms with Gasteiger partial charge in [0.2, 0.25) is 0 Å². The summed E-state index contributed by atoms with van der Waals surface area (Å²) in [4.78, 5) is 0. The summed E-state index contributed by atoms with van der Waals surface area (Å²) in [7, 11) is 1.68. The highest BCUT2D eigenvalue weighted by molar-refractivity contribution is 5.30. The summed E-state index contributed by atoms with van der Waals surface area (Å²) in [6.45, 7) is 0.701. The van der Waals surface area contributed by atoms with Crippen molar-refractivity contribution < 1.29 is 28.4 Å². The summed E-state index contributed by atoms with van der Waals surface area (Å²) in [6, 6.07) is 8.13. The maximum Gasteiger partial charge on any atom is 0.190 e. The molecule has 1 aliphatic carbocycles. The summed E-state index contributed by atoms with van der Waals surface area (Å²) in [5, 5.41) is 0. The fourth-order valence-corrected chi connectivity index (χ4v) is 5.81. The second-order valence-corrected chi connectivity index (χ2v) is 8.71. The Kier molecular flexibility index (Phi) is 4.21. The van der Waals surface area contributed by atoms with Gasteiger partial charge in [0.1, 0.15) is 18.0 Å². The van der Waals surface area contributed by atoms with Crippen LogP contribution in [0.25, 0.3) is 0 Å². The molecule has 4 aliphatic heterocycles. The van der Waals surface area contributed by atoms with Crippen LogP contribution in [0.4, 0.5) is 0 Å². The van der Waals surface area contributed by atoms with Gasteiger partial charge in [-0.15, -0.1) is 0 Å². The van der Waals surface area contributed by atoms with Gasteiger partial charge in [0.15, 0.2) is 12.1 Å². The number of benzene rings is 1. The van der Waals surface area contributed by atoms with Crippen molar-refractivity contribution in [1.29, 1.82) is 0 Å². The van der Waals surface area contributed by atoms with Gasteiger partial charge >= 0.3 is 0 Å². The smallest absolute Gasteiger partial charge is 0.190 e. The predicted molar refractivity (Wildman–Crippen MR) is 98.9 cm³/mol. The van der Waals surface area contributed by atoms with E-state index in [4.69, 9.17) is 28.4 Å². The highest BCUT2D eigenvalue weighted by atomic mass is 16.8. The van der Waals surface area contributed by atoms with Crippen LogP contribution in [0.1, 0.15) is 50.2 Å². The zero-order chi connectivity index (χ0) is 18.7. The first kappa shape index (κ1) is 17.7. The number of rotatable bonds is 2. The van der Waals surface area contributed by atoms with Gasteiger partial charge in [-0.1, -0.05) is 18.6 Å². The SMILES string of the molecule is COc1ccc([C@@H]2OCC[C@@H]3O[C@@H]4[C@H]5OC6(CCCCC6)O[C@H]5O[C@@H]4[C@@H]32)cc1. The van der Waals surface area contributed by atoms with Gasteiger partial charge in [-0.25, -0.2) is 0 Å². The first-order valence-electron chi connectivity index (χ1n) is 10.7. The van der Waals surface area contributed by atoms with E-state index < -0.39 is 5.79 Å². The standard InChI is InChI=1S/C22H28O6/c1-23-14-7-5-13(6-8-14)17-16-15(9-12-24-17)25-19-18(16)26-21-20(19)27-22(28-21)10-3-2-4-11-22/h5-8,15-21H,2-4,9-12H2,1H3/t15-,16-,17-,18+,19-,20+,21+/m0/s1. The molecule has 1 aromatic carbocycles. The van der Waals surface area contributed by atoms with Crippen LogP contribution in [0.15, 0.2) is 24.3 Å². The van der Waals surface area contributed by atoms with Crippen LogP contribution in [-0.2, 0) is 23.7 Å². The second-order valence-electron chi connectivity index (χ2n) is 8.71. The van der Waals surface area contributed by atoms with Crippen LogP contribution in [0.3, 0.4) is 0 Å². The Morgan fingerprint density at radius 3 is 2.54 bits per heavy atom. The van der Waals surface area contributed by atoms with Gasteiger partial charge in [-0.05, 0) is 37.0 Å². The Bertz CT molecular complexity index is 714. The number of hydrogen-bond acceptors (Lipinski definition) is 6. The number of methoxy groups -OCH3 is 1. The Morgan fingerprint density at radius 2 is 1.75 bits per heavy atom. The third kappa shape index (κ3) is 2.66. The maximum atomic E-state index is 6.50. The maximum absolute atomic E-state index is 6.50. The molecule has 0 unspecified atom stereocenters. The average Bonchev–Trinajstić information content (AvgIpc) is 3.36. The van der Waals surface area contributed by atoms with E-state index in [1.807, 2.05) is 12.1 Å². The molecule has 0 radical (unpaired) electrons. The summed E-state index contributed by atoms with van der Waals surface area (Å²) < 4.78 is 37.2. The Hall–Kier alpha value is -1.18. The lowest BCUT2D eigenvalue weighted by atomic mass is 9.83. The molecule has 4 heterocycles. The molecule has 5 fully saturated rings. The fraction of sp³-hybridized carbons (Fsp3) is 0.727. The molecule has 1 spiro atoms. The monoisotopic (exact) mass is 388 g/mol. The lowest BCUT2D eigenvalue weighted by molar-refractivity contribution is -0.245. The molecule has 6 nitrogen and oxygen atoms in total. The largest absolute Gasteiger partial charge is 0.497 e. The molecule has 28 heavy (non-hydrogen) atoms. The van der Waals surface area contributed by atoms with Gasteiger partial charge in [0.25, 0.3) is 0 Å². The lowest BCUT2D eigenvalue weighted by Crippen LogP contribution is -2.40. The minimum atomic E-state index is -0.443. The van der Waals surface area contributed by atoms with E-state index in [-0.39, 0.29) is 42.7 Å². The quantitative estimate of drug-likeness (QED) is 0.775. The number of hydrogen-bond donors (Lipinski definition) is 0. The van der Waals surface area contributed by atoms with Crippen LogP contribution < -0.4 is 4.74 Å². The molecular formula is C22H28O6. The molecule has 7 atom stereocenters. The molecular weight excluding hydrogens is 360 g/mol. The van der Waals surface area contributed by atoms with Gasteiger partial charge in [-0.3, -0.25) is 0 Å². The van der Waals surface area contributed by atoms with Gasteiger partial charge < -0.3 is 28.4 Å². The third-order valence-corrected chi connectivity index (χ3v) is 7.14. The molecule has 5 aliphatic rings. The average molecular weight is 388 g/mol. The minimum absolute atomic E-state index is 0.0397. The van der Waals surface area contributed by atoms with Crippen LogP contribution in [0, 0.1) is 5.92 Å². The highest BCUT2D eigenvalue weighted by Crippen LogP contribution is 2.53. The molecule has 0 N–H and O–H groups in total. The van der Waals surface area contributed by atoms with E-state index in [1.54, 1.807) is 7.11 Å². The molecule has 0 aromatic heterocycles. The second kappa shape index (κ2) is 6.67. The molecule has 6 heteroatoms. The van der Waals surface area contributed by atoms with Crippen molar-refractivity contribution in [2.75, 3.05) is 13.7 Å². The van der Waals surface area contributed by atoms with Gasteiger partial charge in [-0.2, -0.15) is 0 Å². The molecule has 0 amide bonds. The number of ether oxygens (including phenoxy) is 6. The predicted octanol–water partition coefficient (Wildman–Crippen LogP) is 3.34.